The Morgan fingerprint density at radius 1 is 1.38 bits per heavy atom. The van der Waals surface area contributed by atoms with Gasteiger partial charge in [-0.1, -0.05) is 26.0 Å². The van der Waals surface area contributed by atoms with E-state index in [0.717, 1.165) is 24.5 Å². The van der Waals surface area contributed by atoms with E-state index in [1.165, 1.54) is 12.8 Å². The van der Waals surface area contributed by atoms with E-state index in [2.05, 4.69) is 41.7 Å². The lowest BCUT2D eigenvalue weighted by Gasteiger charge is -2.26. The molecule has 6 nitrogen and oxygen atoms in total. The Morgan fingerprint density at radius 2 is 2.10 bits per heavy atom. The Labute approximate surface area is 126 Å². The highest BCUT2D eigenvalue weighted by Crippen LogP contribution is 2.23. The Morgan fingerprint density at radius 3 is 2.76 bits per heavy atom. The number of carbonyl (C=O) groups is 1. The molecule has 21 heavy (non-hydrogen) atoms. The fourth-order valence-electron chi connectivity index (χ4n) is 2.63. The minimum Gasteiger partial charge on any atom is -0.352 e. The highest BCUT2D eigenvalue weighted by atomic mass is 16.2. The number of nitrogens with zero attached hydrogens (tertiary/aromatic N) is 3. The van der Waals surface area contributed by atoms with Crippen molar-refractivity contribution in [3.63, 3.8) is 0 Å². The SMILES string of the molecule is CC1CCC(NC(=O)Cn2cc(CNC(C)C)nn2)CC1. The molecule has 1 aromatic rings. The lowest BCUT2D eigenvalue weighted by Crippen LogP contribution is -2.39. The molecule has 1 saturated carbocycles. The van der Waals surface area contributed by atoms with E-state index in [-0.39, 0.29) is 12.5 Å². The fourth-order valence-corrected chi connectivity index (χ4v) is 2.63. The third kappa shape index (κ3) is 5.46. The Balaban J connectivity index is 1.75. The first-order chi connectivity index (χ1) is 10.0. The van der Waals surface area contributed by atoms with Crippen molar-refractivity contribution in [3.8, 4) is 0 Å². The Kier molecular flexibility index (Phi) is 5.73. The van der Waals surface area contributed by atoms with Gasteiger partial charge in [0, 0.05) is 18.6 Å². The van der Waals surface area contributed by atoms with Crippen LogP contribution in [0.15, 0.2) is 6.20 Å². The molecular formula is C15H27N5O. The van der Waals surface area contributed by atoms with Crippen molar-refractivity contribution in [1.82, 2.24) is 25.6 Å². The molecule has 1 aliphatic rings. The molecule has 0 bridgehead atoms. The first-order valence-corrected chi connectivity index (χ1v) is 7.94. The number of aromatic nitrogens is 3. The fraction of sp³-hybridized carbons (Fsp3) is 0.800. The summed E-state index contributed by atoms with van der Waals surface area (Å²) < 4.78 is 1.61. The molecule has 0 aromatic carbocycles. The largest absolute Gasteiger partial charge is 0.352 e. The zero-order valence-corrected chi connectivity index (χ0v) is 13.3. The molecule has 0 spiro atoms. The van der Waals surface area contributed by atoms with Crippen LogP contribution in [0.25, 0.3) is 0 Å². The van der Waals surface area contributed by atoms with Crippen molar-refractivity contribution in [3.05, 3.63) is 11.9 Å². The van der Waals surface area contributed by atoms with E-state index in [1.807, 2.05) is 6.20 Å². The lowest BCUT2D eigenvalue weighted by molar-refractivity contribution is -0.122. The highest BCUT2D eigenvalue weighted by molar-refractivity contribution is 5.75. The third-order valence-corrected chi connectivity index (χ3v) is 3.96. The maximum atomic E-state index is 12.0. The van der Waals surface area contributed by atoms with E-state index >= 15 is 0 Å². The van der Waals surface area contributed by atoms with Gasteiger partial charge in [-0.2, -0.15) is 0 Å². The average Bonchev–Trinajstić information content (AvgIpc) is 2.86. The molecule has 1 aliphatic carbocycles. The summed E-state index contributed by atoms with van der Waals surface area (Å²) in [5.41, 5.74) is 0.864. The standard InChI is InChI=1S/C15H27N5O/c1-11(2)16-8-14-9-20(19-18-14)10-15(21)17-13-6-4-12(3)5-7-13/h9,11-13,16H,4-8,10H2,1-3H3,(H,17,21). The molecule has 118 valence electrons. The quantitative estimate of drug-likeness (QED) is 0.833. The van der Waals surface area contributed by atoms with E-state index in [9.17, 15) is 4.79 Å². The van der Waals surface area contributed by atoms with Crippen LogP contribution in [0.3, 0.4) is 0 Å². The predicted octanol–water partition coefficient (Wildman–Crippen LogP) is 1.47. The zero-order valence-electron chi connectivity index (χ0n) is 13.3. The van der Waals surface area contributed by atoms with Crippen LogP contribution in [0.4, 0.5) is 0 Å². The van der Waals surface area contributed by atoms with Crippen LogP contribution in [0.2, 0.25) is 0 Å². The Hall–Kier alpha value is -1.43. The molecule has 0 radical (unpaired) electrons. The van der Waals surface area contributed by atoms with Crippen LogP contribution in [-0.2, 0) is 17.9 Å². The zero-order chi connectivity index (χ0) is 15.2. The minimum absolute atomic E-state index is 0.0304. The number of amides is 1. The van der Waals surface area contributed by atoms with Crippen LogP contribution in [-0.4, -0.2) is 33.0 Å². The van der Waals surface area contributed by atoms with Crippen molar-refractivity contribution in [2.24, 2.45) is 5.92 Å². The van der Waals surface area contributed by atoms with Crippen molar-refractivity contribution in [2.75, 3.05) is 0 Å². The molecule has 1 fully saturated rings. The van der Waals surface area contributed by atoms with Crippen molar-refractivity contribution < 1.29 is 4.79 Å². The number of hydrogen-bond donors (Lipinski definition) is 2. The molecule has 1 aromatic heterocycles. The minimum atomic E-state index is 0.0304. The second-order valence-electron chi connectivity index (χ2n) is 6.47. The van der Waals surface area contributed by atoms with Gasteiger partial charge < -0.3 is 10.6 Å². The van der Waals surface area contributed by atoms with Crippen LogP contribution in [0.5, 0.6) is 0 Å². The first-order valence-electron chi connectivity index (χ1n) is 7.94. The summed E-state index contributed by atoms with van der Waals surface area (Å²) >= 11 is 0. The van der Waals surface area contributed by atoms with Gasteiger partial charge in [0.15, 0.2) is 0 Å². The number of rotatable bonds is 6. The van der Waals surface area contributed by atoms with Gasteiger partial charge in [-0.05, 0) is 31.6 Å². The van der Waals surface area contributed by atoms with Crippen LogP contribution in [0, 0.1) is 5.92 Å². The Bertz CT molecular complexity index is 449. The highest BCUT2D eigenvalue weighted by Gasteiger charge is 2.19. The van der Waals surface area contributed by atoms with Crippen molar-refractivity contribution in [1.29, 1.82) is 0 Å². The van der Waals surface area contributed by atoms with E-state index in [4.69, 9.17) is 0 Å². The summed E-state index contributed by atoms with van der Waals surface area (Å²) in [7, 11) is 0. The van der Waals surface area contributed by atoms with Gasteiger partial charge in [0.05, 0.1) is 11.9 Å². The summed E-state index contributed by atoms with van der Waals surface area (Å²) in [4.78, 5) is 12.0. The van der Waals surface area contributed by atoms with E-state index in [0.29, 0.717) is 18.6 Å². The second kappa shape index (κ2) is 7.54. The second-order valence-corrected chi connectivity index (χ2v) is 6.47. The molecule has 2 N–H and O–H groups in total. The van der Waals surface area contributed by atoms with Gasteiger partial charge in [0.2, 0.25) is 5.91 Å². The molecule has 0 aliphatic heterocycles. The third-order valence-electron chi connectivity index (χ3n) is 3.96. The number of carbonyl (C=O) groups excluding carboxylic acids is 1. The molecular weight excluding hydrogens is 266 g/mol. The molecule has 0 unspecified atom stereocenters. The smallest absolute Gasteiger partial charge is 0.242 e. The summed E-state index contributed by atoms with van der Waals surface area (Å²) in [5, 5.41) is 14.5. The van der Waals surface area contributed by atoms with Crippen LogP contribution >= 0.6 is 0 Å². The van der Waals surface area contributed by atoms with Crippen molar-refractivity contribution in [2.45, 2.75) is 71.6 Å². The molecule has 1 heterocycles. The average molecular weight is 293 g/mol. The van der Waals surface area contributed by atoms with Gasteiger partial charge >= 0.3 is 0 Å². The molecule has 1 amide bonds. The monoisotopic (exact) mass is 293 g/mol. The van der Waals surface area contributed by atoms with Gasteiger partial charge in [-0.3, -0.25) is 4.79 Å². The normalized spacial score (nSPS) is 22.5. The summed E-state index contributed by atoms with van der Waals surface area (Å²) in [6.07, 6.45) is 6.43. The summed E-state index contributed by atoms with van der Waals surface area (Å²) in [6, 6.07) is 0.742. The van der Waals surface area contributed by atoms with Gasteiger partial charge in [0.25, 0.3) is 0 Å². The first kappa shape index (κ1) is 15.9. The molecule has 6 heteroatoms. The summed E-state index contributed by atoms with van der Waals surface area (Å²) in [6.45, 7) is 7.38. The molecule has 0 saturated heterocycles. The predicted molar refractivity (Wildman–Crippen MR) is 81.6 cm³/mol. The molecule has 0 atom stereocenters. The van der Waals surface area contributed by atoms with E-state index < -0.39 is 0 Å². The van der Waals surface area contributed by atoms with Crippen LogP contribution < -0.4 is 10.6 Å². The van der Waals surface area contributed by atoms with Gasteiger partial charge in [-0.15, -0.1) is 5.10 Å². The van der Waals surface area contributed by atoms with E-state index in [1.54, 1.807) is 4.68 Å². The number of hydrogen-bond acceptors (Lipinski definition) is 4. The maximum absolute atomic E-state index is 12.0. The van der Waals surface area contributed by atoms with Gasteiger partial charge in [0.1, 0.15) is 6.54 Å². The molecule has 2 rings (SSSR count). The lowest BCUT2D eigenvalue weighted by atomic mass is 9.87. The van der Waals surface area contributed by atoms with Gasteiger partial charge in [-0.25, -0.2) is 4.68 Å². The van der Waals surface area contributed by atoms with Crippen molar-refractivity contribution >= 4 is 5.91 Å². The summed E-state index contributed by atoms with van der Waals surface area (Å²) in [5.74, 6) is 0.826. The number of nitrogens with one attached hydrogen (secondary N) is 2. The van der Waals surface area contributed by atoms with Crippen LogP contribution in [0.1, 0.15) is 52.1 Å². The maximum Gasteiger partial charge on any atom is 0.242 e. The topological polar surface area (TPSA) is 71.8 Å².